The number of hydrogen-bond acceptors (Lipinski definition) is 4. The van der Waals surface area contributed by atoms with Gasteiger partial charge in [0, 0.05) is 11.8 Å². The van der Waals surface area contributed by atoms with Crippen LogP contribution >= 0.6 is 0 Å². The largest absolute Gasteiger partial charge is 0.303 e. The van der Waals surface area contributed by atoms with Crippen molar-refractivity contribution in [1.82, 2.24) is 0 Å². The SMILES string of the molecule is CC(=O)C1(OO)CC(CC=O)C1(C)C. The monoisotopic (exact) mass is 200 g/mol. The highest BCUT2D eigenvalue weighted by Gasteiger charge is 2.64. The molecule has 1 rings (SSSR count). The number of hydrogen-bond donors (Lipinski definition) is 1. The van der Waals surface area contributed by atoms with Crippen molar-refractivity contribution in [3.05, 3.63) is 0 Å². The van der Waals surface area contributed by atoms with Gasteiger partial charge in [-0.3, -0.25) is 10.1 Å². The molecule has 2 unspecified atom stereocenters. The van der Waals surface area contributed by atoms with Crippen molar-refractivity contribution in [2.75, 3.05) is 0 Å². The van der Waals surface area contributed by atoms with Crippen LogP contribution < -0.4 is 0 Å². The quantitative estimate of drug-likeness (QED) is 0.423. The van der Waals surface area contributed by atoms with Crippen molar-refractivity contribution in [3.63, 3.8) is 0 Å². The summed E-state index contributed by atoms with van der Waals surface area (Å²) in [6.07, 6.45) is 1.67. The topological polar surface area (TPSA) is 63.6 Å². The molecule has 0 aromatic heterocycles. The van der Waals surface area contributed by atoms with E-state index in [-0.39, 0.29) is 11.7 Å². The second kappa shape index (κ2) is 3.44. The second-order valence-corrected chi connectivity index (χ2v) is 4.50. The molecule has 1 N–H and O–H groups in total. The van der Waals surface area contributed by atoms with E-state index in [1.165, 1.54) is 6.92 Å². The molecule has 14 heavy (non-hydrogen) atoms. The molecule has 0 bridgehead atoms. The average molecular weight is 200 g/mol. The molecule has 0 amide bonds. The Balaban J connectivity index is 2.87. The van der Waals surface area contributed by atoms with Gasteiger partial charge in [0.05, 0.1) is 0 Å². The van der Waals surface area contributed by atoms with E-state index in [0.717, 1.165) is 6.29 Å². The summed E-state index contributed by atoms with van der Waals surface area (Å²) < 4.78 is 0. The Morgan fingerprint density at radius 2 is 2.21 bits per heavy atom. The van der Waals surface area contributed by atoms with Gasteiger partial charge in [-0.2, -0.15) is 0 Å². The van der Waals surface area contributed by atoms with Crippen LogP contribution in [0.25, 0.3) is 0 Å². The van der Waals surface area contributed by atoms with E-state index in [1.807, 2.05) is 13.8 Å². The lowest BCUT2D eigenvalue weighted by Crippen LogP contribution is -2.65. The minimum atomic E-state index is -1.11. The van der Waals surface area contributed by atoms with Crippen LogP contribution in [0.3, 0.4) is 0 Å². The zero-order chi connectivity index (χ0) is 11.0. The molecular formula is C10H16O4. The fraction of sp³-hybridized carbons (Fsp3) is 0.800. The summed E-state index contributed by atoms with van der Waals surface area (Å²) in [5.41, 5.74) is -1.59. The molecule has 0 aromatic carbocycles. The van der Waals surface area contributed by atoms with Gasteiger partial charge in [-0.15, -0.1) is 0 Å². The van der Waals surface area contributed by atoms with E-state index in [1.54, 1.807) is 0 Å². The van der Waals surface area contributed by atoms with Gasteiger partial charge >= 0.3 is 0 Å². The van der Waals surface area contributed by atoms with Crippen molar-refractivity contribution < 1.29 is 19.7 Å². The van der Waals surface area contributed by atoms with Gasteiger partial charge in [0.1, 0.15) is 6.29 Å². The first-order chi connectivity index (χ1) is 6.42. The lowest BCUT2D eigenvalue weighted by atomic mass is 9.49. The maximum atomic E-state index is 11.4. The summed E-state index contributed by atoms with van der Waals surface area (Å²) in [4.78, 5) is 26.1. The molecule has 1 aliphatic rings. The highest BCUT2D eigenvalue weighted by molar-refractivity contribution is 5.87. The molecule has 0 radical (unpaired) electrons. The third-order valence-electron chi connectivity index (χ3n) is 3.70. The Morgan fingerprint density at radius 3 is 2.50 bits per heavy atom. The third kappa shape index (κ3) is 1.21. The minimum Gasteiger partial charge on any atom is -0.303 e. The molecule has 0 aromatic rings. The normalized spacial score (nSPS) is 34.7. The van der Waals surface area contributed by atoms with E-state index < -0.39 is 11.0 Å². The Kier molecular flexibility index (Phi) is 2.78. The molecule has 4 heteroatoms. The van der Waals surface area contributed by atoms with E-state index in [9.17, 15) is 9.59 Å². The van der Waals surface area contributed by atoms with Crippen LogP contribution in [0.15, 0.2) is 0 Å². The first kappa shape index (κ1) is 11.3. The Labute approximate surface area is 83.2 Å². The summed E-state index contributed by atoms with van der Waals surface area (Å²) in [6.45, 7) is 5.07. The fourth-order valence-electron chi connectivity index (χ4n) is 2.37. The molecule has 4 nitrogen and oxygen atoms in total. The van der Waals surface area contributed by atoms with Crippen LogP contribution in [0.2, 0.25) is 0 Å². The van der Waals surface area contributed by atoms with E-state index >= 15 is 0 Å². The highest BCUT2D eigenvalue weighted by Crippen LogP contribution is 2.57. The van der Waals surface area contributed by atoms with Crippen LogP contribution in [-0.2, 0) is 14.5 Å². The standard InChI is InChI=1S/C10H16O4/c1-7(12)10(14-13)6-8(4-5-11)9(10,2)3/h5,8,13H,4,6H2,1-3H3. The Morgan fingerprint density at radius 1 is 1.64 bits per heavy atom. The van der Waals surface area contributed by atoms with Crippen LogP contribution in [0.4, 0.5) is 0 Å². The van der Waals surface area contributed by atoms with Crippen molar-refractivity contribution in [2.24, 2.45) is 11.3 Å². The predicted molar refractivity (Wildman–Crippen MR) is 49.7 cm³/mol. The van der Waals surface area contributed by atoms with Gasteiger partial charge in [-0.1, -0.05) is 13.8 Å². The molecular weight excluding hydrogens is 184 g/mol. The minimum absolute atomic E-state index is 0.107. The fourth-order valence-corrected chi connectivity index (χ4v) is 2.37. The van der Waals surface area contributed by atoms with Crippen molar-refractivity contribution >= 4 is 12.1 Å². The lowest BCUT2D eigenvalue weighted by Gasteiger charge is -2.57. The molecule has 1 saturated carbocycles. The van der Waals surface area contributed by atoms with Crippen molar-refractivity contribution in [1.29, 1.82) is 0 Å². The summed E-state index contributed by atoms with van der Waals surface area (Å²) in [5, 5.41) is 8.82. The number of ketones is 1. The lowest BCUT2D eigenvalue weighted by molar-refractivity contribution is -0.374. The average Bonchev–Trinajstić information content (AvgIpc) is 2.10. The molecule has 1 fully saturated rings. The summed E-state index contributed by atoms with van der Waals surface area (Å²) in [5.74, 6) is -0.0804. The van der Waals surface area contributed by atoms with Crippen molar-refractivity contribution in [2.45, 2.75) is 39.2 Å². The smallest absolute Gasteiger partial charge is 0.166 e. The predicted octanol–water partition coefficient (Wildman–Crippen LogP) is 1.44. The number of aldehydes is 1. The molecule has 0 aliphatic heterocycles. The third-order valence-corrected chi connectivity index (χ3v) is 3.70. The molecule has 1 aliphatic carbocycles. The van der Waals surface area contributed by atoms with Gasteiger partial charge in [0.25, 0.3) is 0 Å². The molecule has 0 heterocycles. The zero-order valence-corrected chi connectivity index (χ0v) is 8.74. The van der Waals surface area contributed by atoms with Gasteiger partial charge < -0.3 is 4.79 Å². The maximum absolute atomic E-state index is 11.4. The molecule has 2 atom stereocenters. The first-order valence-electron chi connectivity index (χ1n) is 4.69. The number of rotatable bonds is 4. The molecule has 0 saturated heterocycles. The van der Waals surface area contributed by atoms with Crippen LogP contribution in [0.5, 0.6) is 0 Å². The number of carbonyl (C=O) groups is 2. The second-order valence-electron chi connectivity index (χ2n) is 4.50. The van der Waals surface area contributed by atoms with Gasteiger partial charge in [-0.05, 0) is 19.3 Å². The summed E-state index contributed by atoms with van der Waals surface area (Å²) in [6, 6.07) is 0. The highest BCUT2D eigenvalue weighted by atomic mass is 17.1. The number of Topliss-reactive ketones (excluding diaryl/α,β-unsaturated/α-hetero) is 1. The summed E-state index contributed by atoms with van der Waals surface area (Å²) >= 11 is 0. The summed E-state index contributed by atoms with van der Waals surface area (Å²) in [7, 11) is 0. The Hall–Kier alpha value is -0.740. The van der Waals surface area contributed by atoms with Crippen LogP contribution in [0, 0.1) is 11.3 Å². The van der Waals surface area contributed by atoms with Crippen molar-refractivity contribution in [3.8, 4) is 0 Å². The zero-order valence-electron chi connectivity index (χ0n) is 8.74. The van der Waals surface area contributed by atoms with Crippen LogP contribution in [0.1, 0.15) is 33.6 Å². The molecule has 0 spiro atoms. The van der Waals surface area contributed by atoms with E-state index in [2.05, 4.69) is 4.89 Å². The van der Waals surface area contributed by atoms with Gasteiger partial charge in [-0.25, -0.2) is 4.89 Å². The maximum Gasteiger partial charge on any atom is 0.166 e. The van der Waals surface area contributed by atoms with E-state index in [4.69, 9.17) is 5.26 Å². The Bertz CT molecular complexity index is 259. The molecule has 80 valence electrons. The van der Waals surface area contributed by atoms with Gasteiger partial charge in [0.2, 0.25) is 0 Å². The van der Waals surface area contributed by atoms with E-state index in [0.29, 0.717) is 12.8 Å². The van der Waals surface area contributed by atoms with Gasteiger partial charge in [0.15, 0.2) is 11.4 Å². The first-order valence-corrected chi connectivity index (χ1v) is 4.69. The van der Waals surface area contributed by atoms with Crippen LogP contribution in [-0.4, -0.2) is 22.9 Å². The number of carbonyl (C=O) groups excluding carboxylic acids is 2.